The van der Waals surface area contributed by atoms with Gasteiger partial charge >= 0.3 is 0 Å². The topological polar surface area (TPSA) is 23.5 Å². The molecule has 0 saturated heterocycles. The van der Waals surface area contributed by atoms with Crippen LogP contribution in [0.1, 0.15) is 19.4 Å². The van der Waals surface area contributed by atoms with Crippen LogP contribution in [0.3, 0.4) is 0 Å². The minimum atomic E-state index is -0.647. The third-order valence-corrected chi connectivity index (χ3v) is 3.11. The van der Waals surface area contributed by atoms with Gasteiger partial charge in [0.15, 0.2) is 0 Å². The van der Waals surface area contributed by atoms with Crippen LogP contribution in [0.15, 0.2) is 30.3 Å². The molecule has 1 N–H and O–H groups in total. The van der Waals surface area contributed by atoms with E-state index in [9.17, 15) is 5.11 Å². The summed E-state index contributed by atoms with van der Waals surface area (Å²) < 4.78 is 0. The van der Waals surface area contributed by atoms with Crippen molar-refractivity contribution in [1.29, 1.82) is 0 Å². The minimum Gasteiger partial charge on any atom is -0.390 e. The van der Waals surface area contributed by atoms with Crippen LogP contribution < -0.4 is 0 Å². The van der Waals surface area contributed by atoms with Crippen molar-refractivity contribution in [2.75, 3.05) is 20.6 Å². The van der Waals surface area contributed by atoms with Gasteiger partial charge < -0.3 is 10.0 Å². The van der Waals surface area contributed by atoms with E-state index in [1.807, 2.05) is 39.2 Å². The Hall–Kier alpha value is -0.860. The van der Waals surface area contributed by atoms with Crippen molar-refractivity contribution in [2.45, 2.75) is 25.9 Å². The van der Waals surface area contributed by atoms with Crippen LogP contribution in [0.2, 0.25) is 0 Å². The highest BCUT2D eigenvalue weighted by atomic mass is 16.3. The normalized spacial score (nSPS) is 17.1. The minimum absolute atomic E-state index is 0.253. The first-order chi connectivity index (χ1) is 7.42. The van der Waals surface area contributed by atoms with Gasteiger partial charge in [0.25, 0.3) is 0 Å². The van der Waals surface area contributed by atoms with E-state index < -0.39 is 5.60 Å². The molecule has 2 atom stereocenters. The molecular formula is C14H23NO. The molecule has 16 heavy (non-hydrogen) atoms. The molecule has 0 bridgehead atoms. The standard InChI is InChI=1S/C14H23NO/c1-12(11-15(3)4)14(2,16)10-13-8-6-5-7-9-13/h5-9,12,16H,10-11H2,1-4H3. The molecule has 1 rings (SSSR count). The van der Waals surface area contributed by atoms with Gasteiger partial charge in [-0.15, -0.1) is 0 Å². The van der Waals surface area contributed by atoms with Crippen molar-refractivity contribution in [1.82, 2.24) is 4.90 Å². The van der Waals surface area contributed by atoms with E-state index >= 15 is 0 Å². The van der Waals surface area contributed by atoms with Crippen molar-refractivity contribution in [2.24, 2.45) is 5.92 Å². The van der Waals surface area contributed by atoms with Gasteiger partial charge in [0.2, 0.25) is 0 Å². The molecule has 0 spiro atoms. The summed E-state index contributed by atoms with van der Waals surface area (Å²) in [5.41, 5.74) is 0.545. The first-order valence-electron chi connectivity index (χ1n) is 5.83. The highest BCUT2D eigenvalue weighted by Crippen LogP contribution is 2.22. The van der Waals surface area contributed by atoms with Gasteiger partial charge in [0.05, 0.1) is 5.60 Å². The second-order valence-corrected chi connectivity index (χ2v) is 5.18. The molecule has 0 aliphatic rings. The Balaban J connectivity index is 2.64. The zero-order valence-corrected chi connectivity index (χ0v) is 10.8. The number of rotatable bonds is 5. The Morgan fingerprint density at radius 2 is 1.81 bits per heavy atom. The lowest BCUT2D eigenvalue weighted by molar-refractivity contribution is -0.00259. The molecular weight excluding hydrogens is 198 g/mol. The molecule has 2 heteroatoms. The first-order valence-corrected chi connectivity index (χ1v) is 5.83. The maximum atomic E-state index is 10.5. The van der Waals surface area contributed by atoms with Gasteiger partial charge in [-0.3, -0.25) is 0 Å². The quantitative estimate of drug-likeness (QED) is 0.824. The van der Waals surface area contributed by atoms with E-state index in [1.54, 1.807) is 0 Å². The van der Waals surface area contributed by atoms with Crippen LogP contribution in [-0.4, -0.2) is 36.2 Å². The first kappa shape index (κ1) is 13.2. The van der Waals surface area contributed by atoms with Crippen molar-refractivity contribution in [3.05, 3.63) is 35.9 Å². The number of nitrogens with zero attached hydrogens (tertiary/aromatic N) is 1. The average Bonchev–Trinajstić information content (AvgIpc) is 2.17. The Bertz CT molecular complexity index is 306. The zero-order valence-electron chi connectivity index (χ0n) is 10.8. The van der Waals surface area contributed by atoms with E-state index in [0.717, 1.165) is 6.54 Å². The predicted octanol–water partition coefficient (Wildman–Crippen LogP) is 2.18. The monoisotopic (exact) mass is 221 g/mol. The lowest BCUT2D eigenvalue weighted by atomic mass is 9.84. The smallest absolute Gasteiger partial charge is 0.0697 e. The average molecular weight is 221 g/mol. The number of hydrogen-bond acceptors (Lipinski definition) is 2. The van der Waals surface area contributed by atoms with Crippen molar-refractivity contribution < 1.29 is 5.11 Å². The maximum Gasteiger partial charge on any atom is 0.0697 e. The second-order valence-electron chi connectivity index (χ2n) is 5.18. The fourth-order valence-electron chi connectivity index (χ4n) is 1.93. The molecule has 0 aliphatic heterocycles. The summed E-state index contributed by atoms with van der Waals surface area (Å²) in [7, 11) is 4.07. The summed E-state index contributed by atoms with van der Waals surface area (Å²) in [5.74, 6) is 0.253. The summed E-state index contributed by atoms with van der Waals surface area (Å²) in [6, 6.07) is 10.2. The summed E-state index contributed by atoms with van der Waals surface area (Å²) in [5, 5.41) is 10.5. The van der Waals surface area contributed by atoms with E-state index in [4.69, 9.17) is 0 Å². The lowest BCUT2D eigenvalue weighted by Crippen LogP contribution is -2.40. The summed E-state index contributed by atoms with van der Waals surface area (Å²) in [6.45, 7) is 4.93. The molecule has 0 heterocycles. The van der Waals surface area contributed by atoms with Crippen LogP contribution in [0, 0.1) is 5.92 Å². The van der Waals surface area contributed by atoms with Crippen molar-refractivity contribution in [3.63, 3.8) is 0 Å². The Kier molecular flexibility index (Phi) is 4.51. The molecule has 90 valence electrons. The summed E-state index contributed by atoms with van der Waals surface area (Å²) in [6.07, 6.45) is 0.711. The molecule has 0 fully saturated rings. The van der Waals surface area contributed by atoms with Gasteiger partial charge in [-0.05, 0) is 32.5 Å². The fraction of sp³-hybridized carbons (Fsp3) is 0.571. The highest BCUT2D eigenvalue weighted by Gasteiger charge is 2.28. The highest BCUT2D eigenvalue weighted by molar-refractivity contribution is 5.17. The van der Waals surface area contributed by atoms with Crippen molar-refractivity contribution in [3.8, 4) is 0 Å². The fourth-order valence-corrected chi connectivity index (χ4v) is 1.93. The van der Waals surface area contributed by atoms with Gasteiger partial charge in [0.1, 0.15) is 0 Å². The Labute approximate surface area is 98.9 Å². The molecule has 2 nitrogen and oxygen atoms in total. The second kappa shape index (κ2) is 5.46. The van der Waals surface area contributed by atoms with Crippen molar-refractivity contribution >= 4 is 0 Å². The molecule has 0 aromatic heterocycles. The molecule has 2 unspecified atom stereocenters. The Morgan fingerprint density at radius 3 is 2.31 bits per heavy atom. The van der Waals surface area contributed by atoms with E-state index in [2.05, 4.69) is 24.0 Å². The number of aliphatic hydroxyl groups is 1. The van der Waals surface area contributed by atoms with Crippen LogP contribution in [0.5, 0.6) is 0 Å². The largest absolute Gasteiger partial charge is 0.390 e. The summed E-state index contributed by atoms with van der Waals surface area (Å²) >= 11 is 0. The van der Waals surface area contributed by atoms with Gasteiger partial charge in [-0.1, -0.05) is 37.3 Å². The van der Waals surface area contributed by atoms with Crippen LogP contribution in [0.25, 0.3) is 0 Å². The lowest BCUT2D eigenvalue weighted by Gasteiger charge is -2.32. The van der Waals surface area contributed by atoms with E-state index in [1.165, 1.54) is 5.56 Å². The maximum absolute atomic E-state index is 10.5. The number of benzene rings is 1. The third kappa shape index (κ3) is 3.95. The third-order valence-electron chi connectivity index (χ3n) is 3.11. The molecule has 1 aromatic rings. The van der Waals surface area contributed by atoms with Gasteiger partial charge in [-0.2, -0.15) is 0 Å². The SMILES string of the molecule is CC(CN(C)C)C(C)(O)Cc1ccccc1. The molecule has 0 radical (unpaired) electrons. The predicted molar refractivity (Wildman–Crippen MR) is 68.5 cm³/mol. The van der Waals surface area contributed by atoms with Crippen LogP contribution in [-0.2, 0) is 6.42 Å². The summed E-state index contributed by atoms with van der Waals surface area (Å²) in [4.78, 5) is 2.12. The molecule has 1 aromatic carbocycles. The Morgan fingerprint density at radius 1 is 1.25 bits per heavy atom. The molecule has 0 saturated carbocycles. The van der Waals surface area contributed by atoms with Crippen LogP contribution >= 0.6 is 0 Å². The zero-order chi connectivity index (χ0) is 12.2. The molecule has 0 aliphatic carbocycles. The number of hydrogen-bond donors (Lipinski definition) is 1. The molecule has 0 amide bonds. The van der Waals surface area contributed by atoms with E-state index in [0.29, 0.717) is 6.42 Å². The van der Waals surface area contributed by atoms with E-state index in [-0.39, 0.29) is 5.92 Å². The van der Waals surface area contributed by atoms with Gasteiger partial charge in [-0.25, -0.2) is 0 Å². The van der Waals surface area contributed by atoms with Crippen LogP contribution in [0.4, 0.5) is 0 Å². The van der Waals surface area contributed by atoms with Gasteiger partial charge in [0, 0.05) is 13.0 Å².